The van der Waals surface area contributed by atoms with E-state index in [1.165, 1.54) is 25.2 Å². The van der Waals surface area contributed by atoms with Gasteiger partial charge in [-0.2, -0.15) is 0 Å². The van der Waals surface area contributed by atoms with Crippen molar-refractivity contribution in [2.75, 3.05) is 31.3 Å². The number of hydrogen-bond donors (Lipinski definition) is 1. The molecule has 208 valence electrons. The predicted molar refractivity (Wildman–Crippen MR) is 151 cm³/mol. The zero-order valence-corrected chi connectivity index (χ0v) is 24.7. The number of ether oxygens (including phenoxy) is 2. The number of benzene rings is 2. The third-order valence-electron chi connectivity index (χ3n) is 6.70. The van der Waals surface area contributed by atoms with Crippen LogP contribution in [0.3, 0.4) is 0 Å². The summed E-state index contributed by atoms with van der Waals surface area (Å²) in [5.41, 5.74) is 1.00. The number of carbonyl (C=O) groups is 2. The van der Waals surface area contributed by atoms with Crippen molar-refractivity contribution < 1.29 is 27.5 Å². The molecule has 1 fully saturated rings. The van der Waals surface area contributed by atoms with Crippen molar-refractivity contribution in [3.05, 3.63) is 52.5 Å². The second kappa shape index (κ2) is 13.3. The maximum Gasteiger partial charge on any atom is 0.244 e. The Hall–Kier alpha value is -2.79. The quantitative estimate of drug-likeness (QED) is 0.411. The molecule has 3 rings (SSSR count). The molecule has 0 bridgehead atoms. The van der Waals surface area contributed by atoms with Gasteiger partial charge in [0.2, 0.25) is 21.8 Å². The number of sulfonamides is 1. The number of carbonyl (C=O) groups excluding carboxylic acids is 2. The summed E-state index contributed by atoms with van der Waals surface area (Å²) in [6.45, 7) is 1.30. The summed E-state index contributed by atoms with van der Waals surface area (Å²) in [5, 5.41) is 3.09. The first-order valence-electron chi connectivity index (χ1n) is 12.6. The Labute approximate surface area is 233 Å². The van der Waals surface area contributed by atoms with Gasteiger partial charge in [0, 0.05) is 23.1 Å². The van der Waals surface area contributed by atoms with Gasteiger partial charge < -0.3 is 19.7 Å². The number of methoxy groups -OCH3 is 2. The molecule has 1 aliphatic carbocycles. The van der Waals surface area contributed by atoms with Crippen LogP contribution < -0.4 is 19.1 Å². The van der Waals surface area contributed by atoms with Crippen LogP contribution in [-0.2, 0) is 26.2 Å². The Morgan fingerprint density at radius 1 is 1.08 bits per heavy atom. The number of anilines is 1. The lowest BCUT2D eigenvalue weighted by Crippen LogP contribution is -2.53. The minimum absolute atomic E-state index is 0.0811. The highest BCUT2D eigenvalue weighted by Gasteiger charge is 2.32. The van der Waals surface area contributed by atoms with E-state index in [9.17, 15) is 18.0 Å². The molecule has 1 atom stereocenters. The average molecular weight is 611 g/mol. The lowest BCUT2D eigenvalue weighted by Gasteiger charge is -2.33. The molecular formula is C27H36BrN3O6S. The van der Waals surface area contributed by atoms with Crippen LogP contribution in [0.2, 0.25) is 0 Å². The van der Waals surface area contributed by atoms with Gasteiger partial charge >= 0.3 is 0 Å². The number of hydrogen-bond acceptors (Lipinski definition) is 6. The minimum Gasteiger partial charge on any atom is -0.497 e. The van der Waals surface area contributed by atoms with E-state index in [2.05, 4.69) is 21.2 Å². The second-order valence-corrected chi connectivity index (χ2v) is 12.3. The molecule has 11 heteroatoms. The predicted octanol–water partition coefficient (Wildman–Crippen LogP) is 4.10. The van der Waals surface area contributed by atoms with E-state index in [-0.39, 0.29) is 29.9 Å². The van der Waals surface area contributed by atoms with Gasteiger partial charge in [0.1, 0.15) is 24.1 Å². The van der Waals surface area contributed by atoms with Crippen LogP contribution in [0.1, 0.15) is 44.6 Å². The van der Waals surface area contributed by atoms with E-state index >= 15 is 0 Å². The van der Waals surface area contributed by atoms with Crippen LogP contribution in [0, 0.1) is 0 Å². The van der Waals surface area contributed by atoms with Crippen molar-refractivity contribution >= 4 is 43.5 Å². The maximum atomic E-state index is 13.8. The van der Waals surface area contributed by atoms with E-state index in [4.69, 9.17) is 9.47 Å². The van der Waals surface area contributed by atoms with Gasteiger partial charge in [-0.1, -0.05) is 47.3 Å². The summed E-state index contributed by atoms with van der Waals surface area (Å²) >= 11 is 3.45. The topological polar surface area (TPSA) is 105 Å². The molecule has 0 saturated heterocycles. The monoisotopic (exact) mass is 609 g/mol. The Bertz CT molecular complexity index is 1230. The molecule has 0 spiro atoms. The molecule has 1 aliphatic rings. The molecule has 0 aromatic heterocycles. The minimum atomic E-state index is -3.89. The van der Waals surface area contributed by atoms with Crippen molar-refractivity contribution in [1.82, 2.24) is 10.2 Å². The van der Waals surface area contributed by atoms with Gasteiger partial charge in [0.25, 0.3) is 0 Å². The fourth-order valence-electron chi connectivity index (χ4n) is 4.57. The van der Waals surface area contributed by atoms with Crippen molar-refractivity contribution in [1.29, 1.82) is 0 Å². The first kappa shape index (κ1) is 29.8. The average Bonchev–Trinajstić information content (AvgIpc) is 2.89. The first-order valence-corrected chi connectivity index (χ1v) is 15.2. The summed E-state index contributed by atoms with van der Waals surface area (Å²) in [5.74, 6) is -0.0494. The molecule has 38 heavy (non-hydrogen) atoms. The highest BCUT2D eigenvalue weighted by Crippen LogP contribution is 2.33. The molecule has 1 N–H and O–H groups in total. The number of amides is 2. The maximum absolute atomic E-state index is 13.8. The Kier molecular flexibility index (Phi) is 10.4. The lowest BCUT2D eigenvalue weighted by atomic mass is 9.95. The van der Waals surface area contributed by atoms with Crippen LogP contribution in [0.4, 0.5) is 5.69 Å². The van der Waals surface area contributed by atoms with E-state index in [0.29, 0.717) is 5.75 Å². The highest BCUT2D eigenvalue weighted by atomic mass is 79.9. The van der Waals surface area contributed by atoms with Gasteiger partial charge in [-0.15, -0.1) is 0 Å². The van der Waals surface area contributed by atoms with Gasteiger partial charge in [0.15, 0.2) is 0 Å². The number of halogens is 1. The van der Waals surface area contributed by atoms with Gasteiger partial charge in [0.05, 0.1) is 26.2 Å². The second-order valence-electron chi connectivity index (χ2n) is 9.48. The van der Waals surface area contributed by atoms with Crippen LogP contribution in [0.5, 0.6) is 11.5 Å². The van der Waals surface area contributed by atoms with Crippen LogP contribution >= 0.6 is 15.9 Å². The standard InChI is InChI=1S/C27H36BrN3O6S/c1-19(27(33)29-22-11-6-5-7-12-22)30(17-20-9-8-10-21(28)15-20)26(32)18-31(38(4,34)35)24-14-13-23(36-2)16-25(24)37-3/h8-10,13-16,19,22H,5-7,11-12,17-18H2,1-4H3,(H,29,33)/t19-/m0/s1. The normalized spacial score (nSPS) is 14.9. The third-order valence-corrected chi connectivity index (χ3v) is 8.32. The van der Waals surface area contributed by atoms with Crippen molar-refractivity contribution in [2.24, 2.45) is 0 Å². The van der Waals surface area contributed by atoms with E-state index in [0.717, 1.165) is 52.7 Å². The number of nitrogens with zero attached hydrogens (tertiary/aromatic N) is 2. The van der Waals surface area contributed by atoms with Crippen molar-refractivity contribution in [3.63, 3.8) is 0 Å². The first-order chi connectivity index (χ1) is 18.0. The molecule has 2 amide bonds. The fraction of sp³-hybridized carbons (Fsp3) is 0.481. The third kappa shape index (κ3) is 7.86. The smallest absolute Gasteiger partial charge is 0.244 e. The molecular weight excluding hydrogens is 574 g/mol. The van der Waals surface area contributed by atoms with Gasteiger partial charge in [-0.3, -0.25) is 13.9 Å². The van der Waals surface area contributed by atoms with Crippen LogP contribution in [-0.4, -0.2) is 64.2 Å². The van der Waals surface area contributed by atoms with E-state index in [1.807, 2.05) is 24.3 Å². The largest absolute Gasteiger partial charge is 0.497 e. The molecule has 0 radical (unpaired) electrons. The summed E-state index contributed by atoms with van der Waals surface area (Å²) in [7, 11) is -0.984. The summed E-state index contributed by atoms with van der Waals surface area (Å²) in [4.78, 5) is 28.5. The van der Waals surface area contributed by atoms with Crippen molar-refractivity contribution in [2.45, 2.75) is 57.7 Å². The van der Waals surface area contributed by atoms with Crippen LogP contribution in [0.25, 0.3) is 0 Å². The van der Waals surface area contributed by atoms with Gasteiger partial charge in [-0.05, 0) is 49.6 Å². The molecule has 2 aromatic carbocycles. The van der Waals surface area contributed by atoms with Crippen molar-refractivity contribution in [3.8, 4) is 11.5 Å². The van der Waals surface area contributed by atoms with E-state index in [1.54, 1.807) is 19.1 Å². The molecule has 2 aromatic rings. The molecule has 0 unspecified atom stereocenters. The molecule has 9 nitrogen and oxygen atoms in total. The molecule has 0 aliphatic heterocycles. The lowest BCUT2D eigenvalue weighted by molar-refractivity contribution is -0.139. The summed E-state index contributed by atoms with van der Waals surface area (Å²) in [6, 6.07) is 11.4. The zero-order valence-electron chi connectivity index (χ0n) is 22.3. The van der Waals surface area contributed by atoms with E-state index < -0.39 is 28.5 Å². The van der Waals surface area contributed by atoms with Gasteiger partial charge in [-0.25, -0.2) is 8.42 Å². The highest BCUT2D eigenvalue weighted by molar-refractivity contribution is 9.10. The fourth-order valence-corrected chi connectivity index (χ4v) is 5.87. The zero-order chi connectivity index (χ0) is 27.9. The number of rotatable bonds is 11. The Morgan fingerprint density at radius 2 is 1.79 bits per heavy atom. The molecule has 0 heterocycles. The molecule has 1 saturated carbocycles. The Balaban J connectivity index is 1.92. The Morgan fingerprint density at radius 3 is 2.39 bits per heavy atom. The van der Waals surface area contributed by atoms with Crippen LogP contribution in [0.15, 0.2) is 46.9 Å². The SMILES string of the molecule is COc1ccc(N(CC(=O)N(Cc2cccc(Br)c2)[C@@H](C)C(=O)NC2CCCCC2)S(C)(=O)=O)c(OC)c1. The summed E-state index contributed by atoms with van der Waals surface area (Å²) in [6.07, 6.45) is 6.14. The number of nitrogens with one attached hydrogen (secondary N) is 1. The summed E-state index contributed by atoms with van der Waals surface area (Å²) < 4.78 is 38.2.